The summed E-state index contributed by atoms with van der Waals surface area (Å²) in [5, 5.41) is 9.20. The minimum Gasteiger partial charge on any atom is -0.481 e. The average molecular weight is 244 g/mol. The van der Waals surface area contributed by atoms with Gasteiger partial charge in [0.25, 0.3) is 0 Å². The van der Waals surface area contributed by atoms with Gasteiger partial charge < -0.3 is 9.84 Å². The predicted molar refractivity (Wildman–Crippen MR) is 65.6 cm³/mol. The molecule has 0 aromatic rings. The Morgan fingerprint density at radius 1 is 1.24 bits per heavy atom. The van der Waals surface area contributed by atoms with Gasteiger partial charge in [-0.3, -0.25) is 9.59 Å². The summed E-state index contributed by atoms with van der Waals surface area (Å²) in [5.74, 6) is -2.08. The molecule has 0 rings (SSSR count). The van der Waals surface area contributed by atoms with Crippen molar-refractivity contribution >= 4 is 11.9 Å². The molecule has 1 N–H and O–H groups in total. The summed E-state index contributed by atoms with van der Waals surface area (Å²) in [7, 11) is 0. The Bertz CT molecular complexity index is 275. The van der Waals surface area contributed by atoms with Crippen molar-refractivity contribution < 1.29 is 19.4 Å². The Hall–Kier alpha value is -1.06. The number of carbonyl (C=O) groups is 2. The lowest BCUT2D eigenvalue weighted by atomic mass is 9.65. The molecule has 0 aromatic carbocycles. The first-order valence-electron chi connectivity index (χ1n) is 6.28. The van der Waals surface area contributed by atoms with Gasteiger partial charge in [0, 0.05) is 0 Å². The van der Waals surface area contributed by atoms with Crippen LogP contribution in [0, 0.1) is 17.3 Å². The molecule has 4 heteroatoms. The van der Waals surface area contributed by atoms with Crippen LogP contribution in [0.15, 0.2) is 0 Å². The van der Waals surface area contributed by atoms with Crippen molar-refractivity contribution in [2.45, 2.75) is 47.5 Å². The number of ether oxygens (including phenoxy) is 1. The third-order valence-corrected chi connectivity index (χ3v) is 3.88. The number of hydrogen-bond acceptors (Lipinski definition) is 3. The number of hydrogen-bond donors (Lipinski definition) is 1. The summed E-state index contributed by atoms with van der Waals surface area (Å²) < 4.78 is 5.09. The summed E-state index contributed by atoms with van der Waals surface area (Å²) in [6.45, 7) is 9.34. The maximum Gasteiger partial charge on any atom is 0.313 e. The van der Waals surface area contributed by atoms with Crippen molar-refractivity contribution in [3.05, 3.63) is 0 Å². The molecule has 0 spiro atoms. The monoisotopic (exact) mass is 244 g/mol. The highest BCUT2D eigenvalue weighted by Gasteiger charge is 2.50. The zero-order valence-electron chi connectivity index (χ0n) is 11.4. The van der Waals surface area contributed by atoms with E-state index < -0.39 is 17.3 Å². The summed E-state index contributed by atoms with van der Waals surface area (Å²) in [5.41, 5.74) is -0.920. The lowest BCUT2D eigenvalue weighted by molar-refractivity contribution is -0.171. The molecular formula is C13H24O4. The summed E-state index contributed by atoms with van der Waals surface area (Å²) in [4.78, 5) is 23.4. The van der Waals surface area contributed by atoms with Crippen LogP contribution in [0.25, 0.3) is 0 Å². The number of carbonyl (C=O) groups excluding carboxylic acids is 1. The second-order valence-corrected chi connectivity index (χ2v) is 4.48. The third-order valence-electron chi connectivity index (χ3n) is 3.88. The minimum absolute atomic E-state index is 0.0161. The molecule has 0 bridgehead atoms. The fourth-order valence-electron chi connectivity index (χ4n) is 2.45. The van der Waals surface area contributed by atoms with Crippen molar-refractivity contribution in [2.24, 2.45) is 17.3 Å². The largest absolute Gasteiger partial charge is 0.481 e. The predicted octanol–water partition coefficient (Wildman–Crippen LogP) is 2.71. The first-order chi connectivity index (χ1) is 7.88. The normalized spacial score (nSPS) is 17.9. The fourth-order valence-corrected chi connectivity index (χ4v) is 2.45. The highest BCUT2D eigenvalue weighted by Crippen LogP contribution is 2.42. The van der Waals surface area contributed by atoms with Crippen LogP contribution in [0.4, 0.5) is 0 Å². The van der Waals surface area contributed by atoms with Crippen LogP contribution in [0.3, 0.4) is 0 Å². The molecule has 17 heavy (non-hydrogen) atoms. The van der Waals surface area contributed by atoms with Crippen LogP contribution in [-0.2, 0) is 14.3 Å². The van der Waals surface area contributed by atoms with E-state index in [0.717, 1.165) is 6.42 Å². The highest BCUT2D eigenvalue weighted by molar-refractivity contribution is 5.84. The molecule has 0 aliphatic heterocycles. The summed E-state index contributed by atoms with van der Waals surface area (Å²) in [6, 6.07) is 0. The van der Waals surface area contributed by atoms with Crippen molar-refractivity contribution in [1.29, 1.82) is 0 Å². The van der Waals surface area contributed by atoms with E-state index in [1.807, 2.05) is 20.8 Å². The topological polar surface area (TPSA) is 63.6 Å². The van der Waals surface area contributed by atoms with Gasteiger partial charge in [0.1, 0.15) is 0 Å². The maximum absolute atomic E-state index is 12.2. The van der Waals surface area contributed by atoms with E-state index in [9.17, 15) is 14.7 Å². The zero-order chi connectivity index (χ0) is 13.6. The maximum atomic E-state index is 12.2. The second kappa shape index (κ2) is 6.62. The number of aliphatic carboxylic acids is 1. The smallest absolute Gasteiger partial charge is 0.313 e. The average Bonchev–Trinajstić information content (AvgIpc) is 2.30. The van der Waals surface area contributed by atoms with Crippen molar-refractivity contribution in [2.75, 3.05) is 6.61 Å². The van der Waals surface area contributed by atoms with Crippen molar-refractivity contribution in [1.82, 2.24) is 0 Å². The molecular weight excluding hydrogens is 220 g/mol. The van der Waals surface area contributed by atoms with E-state index in [4.69, 9.17) is 4.74 Å². The minimum atomic E-state index is -0.944. The first kappa shape index (κ1) is 15.9. The molecule has 3 unspecified atom stereocenters. The van der Waals surface area contributed by atoms with Gasteiger partial charge >= 0.3 is 11.9 Å². The Labute approximate surface area is 103 Å². The SMILES string of the molecule is CCOC(=O)C(CC)(C(C)CC)C(C)C(=O)O. The van der Waals surface area contributed by atoms with Gasteiger partial charge in [-0.25, -0.2) is 0 Å². The van der Waals surface area contributed by atoms with E-state index in [1.54, 1.807) is 13.8 Å². The summed E-state index contributed by atoms with van der Waals surface area (Å²) >= 11 is 0. The van der Waals surface area contributed by atoms with E-state index in [2.05, 4.69) is 0 Å². The number of carboxylic acid groups (broad SMARTS) is 1. The van der Waals surface area contributed by atoms with Gasteiger partial charge in [0.2, 0.25) is 0 Å². The molecule has 4 nitrogen and oxygen atoms in total. The van der Waals surface area contributed by atoms with Crippen LogP contribution >= 0.6 is 0 Å². The van der Waals surface area contributed by atoms with E-state index in [0.29, 0.717) is 6.42 Å². The highest BCUT2D eigenvalue weighted by atomic mass is 16.5. The van der Waals surface area contributed by atoms with Crippen molar-refractivity contribution in [3.8, 4) is 0 Å². The Morgan fingerprint density at radius 3 is 2.06 bits per heavy atom. The van der Waals surface area contributed by atoms with Crippen LogP contribution in [-0.4, -0.2) is 23.7 Å². The second-order valence-electron chi connectivity index (χ2n) is 4.48. The Morgan fingerprint density at radius 2 is 1.76 bits per heavy atom. The molecule has 3 atom stereocenters. The molecule has 0 saturated carbocycles. The first-order valence-corrected chi connectivity index (χ1v) is 6.28. The van der Waals surface area contributed by atoms with Crippen LogP contribution in [0.2, 0.25) is 0 Å². The van der Waals surface area contributed by atoms with Crippen LogP contribution < -0.4 is 0 Å². The van der Waals surface area contributed by atoms with Gasteiger partial charge in [0.05, 0.1) is 17.9 Å². The molecule has 0 aliphatic rings. The van der Waals surface area contributed by atoms with Gasteiger partial charge in [-0.2, -0.15) is 0 Å². The molecule has 0 fully saturated rings. The number of carboxylic acids is 1. The summed E-state index contributed by atoms with van der Waals surface area (Å²) in [6.07, 6.45) is 1.23. The molecule has 0 amide bonds. The lowest BCUT2D eigenvalue weighted by Gasteiger charge is -2.38. The quantitative estimate of drug-likeness (QED) is 0.699. The van der Waals surface area contributed by atoms with Gasteiger partial charge in [-0.05, 0) is 19.3 Å². The molecule has 0 radical (unpaired) electrons. The molecule has 100 valence electrons. The van der Waals surface area contributed by atoms with Gasteiger partial charge in [-0.1, -0.05) is 34.1 Å². The van der Waals surface area contributed by atoms with Crippen molar-refractivity contribution in [3.63, 3.8) is 0 Å². The fraction of sp³-hybridized carbons (Fsp3) is 0.846. The molecule has 0 heterocycles. The third kappa shape index (κ3) is 2.99. The Kier molecular flexibility index (Phi) is 6.21. The molecule has 0 aromatic heterocycles. The van der Waals surface area contributed by atoms with E-state index in [-0.39, 0.29) is 18.5 Å². The zero-order valence-corrected chi connectivity index (χ0v) is 11.4. The van der Waals surface area contributed by atoms with Gasteiger partial charge in [0.15, 0.2) is 0 Å². The van der Waals surface area contributed by atoms with Crippen LogP contribution in [0.5, 0.6) is 0 Å². The number of esters is 1. The van der Waals surface area contributed by atoms with Crippen LogP contribution in [0.1, 0.15) is 47.5 Å². The van der Waals surface area contributed by atoms with Gasteiger partial charge in [-0.15, -0.1) is 0 Å². The van der Waals surface area contributed by atoms with E-state index >= 15 is 0 Å². The molecule has 0 saturated heterocycles. The van der Waals surface area contributed by atoms with E-state index in [1.165, 1.54) is 0 Å². The number of rotatable bonds is 7. The standard InChI is InChI=1S/C13H24O4/c1-6-9(4)13(7-2,10(5)11(14)15)12(16)17-8-3/h9-10H,6-8H2,1-5H3,(H,14,15). The lowest BCUT2D eigenvalue weighted by Crippen LogP contribution is -2.46. The Balaban J connectivity index is 5.43. The molecule has 0 aliphatic carbocycles.